The summed E-state index contributed by atoms with van der Waals surface area (Å²) in [7, 11) is -1.56. The second kappa shape index (κ2) is 6.50. The highest BCUT2D eigenvalue weighted by atomic mass is 32.2. The van der Waals surface area contributed by atoms with Gasteiger partial charge >= 0.3 is 0 Å². The summed E-state index contributed by atoms with van der Waals surface area (Å²) in [5.41, 5.74) is 0.454. The fraction of sp³-hybridized carbons (Fsp3) is 0.688. The Morgan fingerprint density at radius 2 is 2.12 bits per heavy atom. The van der Waals surface area contributed by atoms with E-state index in [9.17, 15) is 13.2 Å². The van der Waals surface area contributed by atoms with E-state index >= 15 is 0 Å². The minimum atomic E-state index is -3.21. The predicted octanol–water partition coefficient (Wildman–Crippen LogP) is 1.04. The number of furan rings is 1. The van der Waals surface area contributed by atoms with Crippen molar-refractivity contribution in [3.63, 3.8) is 0 Å². The molecule has 7 nitrogen and oxygen atoms in total. The van der Waals surface area contributed by atoms with Gasteiger partial charge in [-0.3, -0.25) is 4.79 Å². The van der Waals surface area contributed by atoms with Crippen molar-refractivity contribution in [1.29, 1.82) is 0 Å². The number of piperidine rings is 1. The van der Waals surface area contributed by atoms with Crippen molar-refractivity contribution in [2.45, 2.75) is 12.8 Å². The molecule has 1 spiro atoms. The highest BCUT2D eigenvalue weighted by molar-refractivity contribution is 7.88. The van der Waals surface area contributed by atoms with Crippen molar-refractivity contribution < 1.29 is 22.4 Å². The number of likely N-dealkylation sites (tertiary alicyclic amines) is 1. The molecule has 3 rings (SSSR count). The molecule has 134 valence electrons. The van der Waals surface area contributed by atoms with Crippen LogP contribution in [0.5, 0.6) is 0 Å². The molecule has 0 unspecified atom stereocenters. The van der Waals surface area contributed by atoms with Crippen molar-refractivity contribution in [2.75, 3.05) is 46.2 Å². The number of carbonyl (C=O) groups is 1. The summed E-state index contributed by atoms with van der Waals surface area (Å²) in [5, 5.41) is 0. The standard InChI is InChI=1S/C16H24N2O5S/c1-22-11-14-9-18(24(2,20)21)12-16(14)4-6-17(7-5-16)15(19)13-3-8-23-10-13/h3,8,10,14H,4-7,9,11-12H2,1-2H3/t14-/m0/s1. The van der Waals surface area contributed by atoms with E-state index in [4.69, 9.17) is 9.15 Å². The van der Waals surface area contributed by atoms with Crippen LogP contribution in [0.15, 0.2) is 23.0 Å². The lowest BCUT2D eigenvalue weighted by molar-refractivity contribution is 0.0327. The predicted molar refractivity (Wildman–Crippen MR) is 88.1 cm³/mol. The number of amides is 1. The molecular formula is C16H24N2O5S. The number of sulfonamides is 1. The van der Waals surface area contributed by atoms with Crippen molar-refractivity contribution in [3.8, 4) is 0 Å². The molecule has 2 saturated heterocycles. The van der Waals surface area contributed by atoms with Crippen LogP contribution in [0.4, 0.5) is 0 Å². The van der Waals surface area contributed by atoms with E-state index in [1.807, 2.05) is 4.90 Å². The Hall–Kier alpha value is -1.38. The van der Waals surface area contributed by atoms with Crippen molar-refractivity contribution in [3.05, 3.63) is 24.2 Å². The first kappa shape index (κ1) is 17.4. The van der Waals surface area contributed by atoms with E-state index in [0.29, 0.717) is 38.3 Å². The quantitative estimate of drug-likeness (QED) is 0.805. The Morgan fingerprint density at radius 1 is 1.42 bits per heavy atom. The molecule has 1 amide bonds. The van der Waals surface area contributed by atoms with E-state index in [0.717, 1.165) is 12.8 Å². The lowest BCUT2D eigenvalue weighted by atomic mass is 9.71. The van der Waals surface area contributed by atoms with Gasteiger partial charge in [0.15, 0.2) is 0 Å². The third-order valence-electron chi connectivity index (χ3n) is 5.43. The summed E-state index contributed by atoms with van der Waals surface area (Å²) in [5.74, 6) is 0.142. The van der Waals surface area contributed by atoms with Crippen LogP contribution < -0.4 is 0 Å². The molecule has 1 aromatic rings. The zero-order chi connectivity index (χ0) is 17.4. The number of hydrogen-bond donors (Lipinski definition) is 0. The molecule has 0 saturated carbocycles. The Balaban J connectivity index is 1.71. The first-order valence-corrected chi connectivity index (χ1v) is 9.96. The van der Waals surface area contributed by atoms with Gasteiger partial charge in [0.25, 0.3) is 5.91 Å². The highest BCUT2D eigenvalue weighted by Gasteiger charge is 2.50. The zero-order valence-electron chi connectivity index (χ0n) is 14.1. The summed E-state index contributed by atoms with van der Waals surface area (Å²) >= 11 is 0. The third-order valence-corrected chi connectivity index (χ3v) is 6.65. The van der Waals surface area contributed by atoms with E-state index in [2.05, 4.69) is 0 Å². The monoisotopic (exact) mass is 356 g/mol. The van der Waals surface area contributed by atoms with E-state index in [1.165, 1.54) is 18.8 Å². The molecule has 2 aliphatic heterocycles. The molecule has 0 aliphatic carbocycles. The molecule has 0 N–H and O–H groups in total. The number of hydrogen-bond acceptors (Lipinski definition) is 5. The summed E-state index contributed by atoms with van der Waals surface area (Å²) in [6.45, 7) is 2.82. The van der Waals surface area contributed by atoms with Crippen molar-refractivity contribution >= 4 is 15.9 Å². The van der Waals surface area contributed by atoms with Crippen molar-refractivity contribution in [1.82, 2.24) is 9.21 Å². The first-order valence-electron chi connectivity index (χ1n) is 8.11. The number of carbonyl (C=O) groups excluding carboxylic acids is 1. The molecule has 8 heteroatoms. The topological polar surface area (TPSA) is 80.1 Å². The number of methoxy groups -OCH3 is 1. The minimum Gasteiger partial charge on any atom is -0.472 e. The van der Waals surface area contributed by atoms with Gasteiger partial charge in [0, 0.05) is 39.2 Å². The first-order chi connectivity index (χ1) is 11.4. The molecule has 0 aromatic carbocycles. The lowest BCUT2D eigenvalue weighted by Crippen LogP contribution is -2.47. The molecule has 2 aliphatic rings. The largest absolute Gasteiger partial charge is 0.472 e. The van der Waals surface area contributed by atoms with Gasteiger partial charge in [0.05, 0.1) is 24.7 Å². The van der Waals surface area contributed by atoms with E-state index < -0.39 is 10.0 Å². The molecule has 2 fully saturated rings. The zero-order valence-corrected chi connectivity index (χ0v) is 14.9. The highest BCUT2D eigenvalue weighted by Crippen LogP contribution is 2.45. The molecule has 3 heterocycles. The molecular weight excluding hydrogens is 332 g/mol. The molecule has 0 radical (unpaired) electrons. The van der Waals surface area contributed by atoms with Crippen molar-refractivity contribution in [2.24, 2.45) is 11.3 Å². The molecule has 24 heavy (non-hydrogen) atoms. The molecule has 1 aromatic heterocycles. The Bertz CT molecular complexity index is 677. The van der Waals surface area contributed by atoms with Crippen LogP contribution in [0.25, 0.3) is 0 Å². The molecule has 0 bridgehead atoms. The van der Waals surface area contributed by atoms with Gasteiger partial charge < -0.3 is 14.1 Å². The second-order valence-corrected chi connectivity index (χ2v) is 8.86. The normalized spacial score (nSPS) is 24.6. The lowest BCUT2D eigenvalue weighted by Gasteiger charge is -2.42. The van der Waals surface area contributed by atoms with Crippen LogP contribution >= 0.6 is 0 Å². The van der Waals surface area contributed by atoms with E-state index in [-0.39, 0.29) is 17.2 Å². The summed E-state index contributed by atoms with van der Waals surface area (Å²) in [6.07, 6.45) is 5.79. The van der Waals surface area contributed by atoms with Crippen LogP contribution in [0, 0.1) is 11.3 Å². The minimum absolute atomic E-state index is 0.0279. The third kappa shape index (κ3) is 3.22. The SMILES string of the molecule is COC[C@@H]1CN(S(C)(=O)=O)CC12CCN(C(=O)c1ccoc1)CC2. The maximum absolute atomic E-state index is 12.4. The average molecular weight is 356 g/mol. The molecule has 1 atom stereocenters. The summed E-state index contributed by atoms with van der Waals surface area (Å²) in [6, 6.07) is 1.67. The van der Waals surface area contributed by atoms with Gasteiger partial charge in [-0.05, 0) is 24.3 Å². The number of nitrogens with zero attached hydrogens (tertiary/aromatic N) is 2. The summed E-state index contributed by atoms with van der Waals surface area (Å²) in [4.78, 5) is 14.3. The van der Waals surface area contributed by atoms with Crippen LogP contribution in [0.3, 0.4) is 0 Å². The fourth-order valence-electron chi connectivity index (χ4n) is 3.96. The number of rotatable bonds is 4. The Kier molecular flexibility index (Phi) is 4.72. The van der Waals surface area contributed by atoms with E-state index in [1.54, 1.807) is 17.5 Å². The van der Waals surface area contributed by atoms with Gasteiger partial charge in [0.1, 0.15) is 6.26 Å². The van der Waals surface area contributed by atoms with Gasteiger partial charge in [-0.2, -0.15) is 0 Å². The summed E-state index contributed by atoms with van der Waals surface area (Å²) < 4.78 is 35.8. The van der Waals surface area contributed by atoms with Crippen LogP contribution in [-0.2, 0) is 14.8 Å². The second-order valence-electron chi connectivity index (χ2n) is 6.87. The fourth-order valence-corrected chi connectivity index (χ4v) is 4.90. The maximum Gasteiger partial charge on any atom is 0.257 e. The number of ether oxygens (including phenoxy) is 1. The maximum atomic E-state index is 12.4. The van der Waals surface area contributed by atoms with Crippen LogP contribution in [0.2, 0.25) is 0 Å². The Labute approximate surface area is 142 Å². The van der Waals surface area contributed by atoms with Gasteiger partial charge in [-0.1, -0.05) is 0 Å². The smallest absolute Gasteiger partial charge is 0.257 e. The van der Waals surface area contributed by atoms with Gasteiger partial charge in [-0.15, -0.1) is 0 Å². The van der Waals surface area contributed by atoms with Gasteiger partial charge in [-0.25, -0.2) is 12.7 Å². The Morgan fingerprint density at radius 3 is 2.67 bits per heavy atom. The average Bonchev–Trinajstić information content (AvgIpc) is 3.17. The van der Waals surface area contributed by atoms with Gasteiger partial charge in [0.2, 0.25) is 10.0 Å². The van der Waals surface area contributed by atoms with Crippen LogP contribution in [-0.4, -0.2) is 69.7 Å². The van der Waals surface area contributed by atoms with Crippen LogP contribution in [0.1, 0.15) is 23.2 Å².